The summed E-state index contributed by atoms with van der Waals surface area (Å²) in [6, 6.07) is -1.41. The molecule has 2 atom stereocenters. The minimum atomic E-state index is -1.48. The molecule has 1 aliphatic rings. The zero-order valence-electron chi connectivity index (χ0n) is 13.8. The number of imide groups is 1. The Balaban J connectivity index is 2.61. The van der Waals surface area contributed by atoms with Gasteiger partial charge >= 0.3 is 18.0 Å². The number of ether oxygens (including phenoxy) is 1. The van der Waals surface area contributed by atoms with Crippen molar-refractivity contribution in [3.05, 3.63) is 0 Å². The van der Waals surface area contributed by atoms with E-state index in [4.69, 9.17) is 4.74 Å². The van der Waals surface area contributed by atoms with Crippen LogP contribution in [0.25, 0.3) is 0 Å². The average molecular weight is 329 g/mol. The Hall–Kier alpha value is -2.16. The highest BCUT2D eigenvalue weighted by molar-refractivity contribution is 5.95. The molecule has 23 heavy (non-hydrogen) atoms. The predicted molar refractivity (Wildman–Crippen MR) is 76.9 cm³/mol. The van der Waals surface area contributed by atoms with Crippen LogP contribution in [0.4, 0.5) is 9.59 Å². The van der Waals surface area contributed by atoms with Gasteiger partial charge in [0.1, 0.15) is 18.2 Å². The Kier molecular flexibility index (Phi) is 5.70. The van der Waals surface area contributed by atoms with Gasteiger partial charge in [0.2, 0.25) is 0 Å². The van der Waals surface area contributed by atoms with Crippen LogP contribution in [0.2, 0.25) is 0 Å². The molecule has 0 aromatic rings. The Morgan fingerprint density at radius 1 is 1.35 bits per heavy atom. The van der Waals surface area contributed by atoms with Crippen LogP contribution >= 0.6 is 0 Å². The maximum absolute atomic E-state index is 12.2. The van der Waals surface area contributed by atoms with E-state index in [1.54, 1.807) is 20.8 Å². The number of nitrogens with one attached hydrogen (secondary N) is 2. The van der Waals surface area contributed by atoms with E-state index in [-0.39, 0.29) is 19.5 Å². The molecule has 9 nitrogen and oxygen atoms in total. The molecular weight excluding hydrogens is 306 g/mol. The van der Waals surface area contributed by atoms with E-state index in [0.29, 0.717) is 0 Å². The van der Waals surface area contributed by atoms with Crippen molar-refractivity contribution in [1.29, 1.82) is 0 Å². The molecule has 9 heteroatoms. The lowest BCUT2D eigenvalue weighted by Crippen LogP contribution is -2.59. The second-order valence-electron chi connectivity index (χ2n) is 6.51. The van der Waals surface area contributed by atoms with E-state index >= 15 is 0 Å². The number of carboxylic acids is 1. The Morgan fingerprint density at radius 3 is 2.39 bits per heavy atom. The van der Waals surface area contributed by atoms with Crippen molar-refractivity contribution < 1.29 is 33.5 Å². The van der Waals surface area contributed by atoms with Crippen molar-refractivity contribution in [3.63, 3.8) is 0 Å². The van der Waals surface area contributed by atoms with Gasteiger partial charge in [0.15, 0.2) is 0 Å². The standard InChI is InChI=1S/C14H23N3O6/c1-9-11(20)17(8-10(18)19,12(21)16-9)7-5-6-15-13(22)23-14(2,3)4/h9H,5-8H2,1-4H3,(H2-,15,16,18,19,21,22). The van der Waals surface area contributed by atoms with E-state index in [9.17, 15) is 24.3 Å². The van der Waals surface area contributed by atoms with Crippen LogP contribution in [0.15, 0.2) is 0 Å². The van der Waals surface area contributed by atoms with Gasteiger partial charge in [0.05, 0.1) is 12.5 Å². The smallest absolute Gasteiger partial charge is 0.425 e. The van der Waals surface area contributed by atoms with Gasteiger partial charge in [0.25, 0.3) is 0 Å². The number of alkyl carbamates (subject to hydrolysis) is 1. The third-order valence-electron chi connectivity index (χ3n) is 3.30. The fraction of sp³-hybridized carbons (Fsp3) is 0.714. The lowest BCUT2D eigenvalue weighted by atomic mass is 10.2. The second kappa shape index (κ2) is 6.95. The molecule has 1 rings (SSSR count). The minimum Gasteiger partial charge on any atom is -0.544 e. The van der Waals surface area contributed by atoms with Gasteiger partial charge < -0.3 is 20.0 Å². The summed E-state index contributed by atoms with van der Waals surface area (Å²) in [5, 5.41) is 15.8. The van der Waals surface area contributed by atoms with Crippen LogP contribution in [0, 0.1) is 0 Å². The molecule has 2 unspecified atom stereocenters. The highest BCUT2D eigenvalue weighted by Crippen LogP contribution is 2.18. The quantitative estimate of drug-likeness (QED) is 0.370. The lowest BCUT2D eigenvalue weighted by Gasteiger charge is -2.27. The Labute approximate surface area is 134 Å². The first-order chi connectivity index (χ1) is 10.5. The molecule has 1 aliphatic heterocycles. The molecule has 1 fully saturated rings. The number of rotatable bonds is 6. The zero-order valence-corrected chi connectivity index (χ0v) is 13.8. The van der Waals surface area contributed by atoms with Crippen LogP contribution in [0.1, 0.15) is 34.1 Å². The first kappa shape index (κ1) is 18.9. The van der Waals surface area contributed by atoms with Gasteiger partial charge in [-0.2, -0.15) is 4.48 Å². The number of carbonyl (C=O) groups excluding carboxylic acids is 4. The summed E-state index contributed by atoms with van der Waals surface area (Å²) in [6.07, 6.45) is -0.382. The molecule has 0 spiro atoms. The molecule has 130 valence electrons. The van der Waals surface area contributed by atoms with Crippen LogP contribution in [0.3, 0.4) is 0 Å². The maximum Gasteiger partial charge on any atom is 0.425 e. The molecule has 2 N–H and O–H groups in total. The number of nitrogens with zero attached hydrogens (tertiary/aromatic N) is 1. The largest absolute Gasteiger partial charge is 0.544 e. The average Bonchev–Trinajstić information content (AvgIpc) is 2.57. The predicted octanol–water partition coefficient (Wildman–Crippen LogP) is -0.894. The molecule has 1 saturated heterocycles. The third kappa shape index (κ3) is 4.92. The SMILES string of the molecule is CC1NC(=O)[N+](CCCNC(=O)OC(C)(C)C)(CC(=O)[O-])C1=O. The van der Waals surface area contributed by atoms with Crippen molar-refractivity contribution >= 4 is 24.0 Å². The summed E-state index contributed by atoms with van der Waals surface area (Å²) in [5.41, 5.74) is -0.632. The fourth-order valence-electron chi connectivity index (χ4n) is 2.36. The van der Waals surface area contributed by atoms with E-state index in [2.05, 4.69) is 10.6 Å². The number of hydrogen-bond acceptors (Lipinski definition) is 6. The number of hydrogen-bond donors (Lipinski definition) is 2. The number of carboxylic acid groups (broad SMARTS) is 1. The molecule has 1 heterocycles. The van der Waals surface area contributed by atoms with Crippen molar-refractivity contribution in [2.75, 3.05) is 19.6 Å². The van der Waals surface area contributed by atoms with Gasteiger partial charge in [-0.15, -0.1) is 0 Å². The highest BCUT2D eigenvalue weighted by atomic mass is 16.6. The van der Waals surface area contributed by atoms with Gasteiger partial charge in [-0.05, 0) is 27.7 Å². The summed E-state index contributed by atoms with van der Waals surface area (Å²) in [4.78, 5) is 46.6. The Bertz CT molecular complexity index is 513. The van der Waals surface area contributed by atoms with Crippen LogP contribution in [-0.2, 0) is 14.3 Å². The van der Waals surface area contributed by atoms with Crippen LogP contribution < -0.4 is 15.7 Å². The molecular formula is C14H23N3O6. The van der Waals surface area contributed by atoms with E-state index in [1.807, 2.05) is 0 Å². The number of amides is 4. The van der Waals surface area contributed by atoms with Crippen LogP contribution in [0.5, 0.6) is 0 Å². The molecule has 4 amide bonds. The molecule has 0 aromatic heterocycles. The summed E-state index contributed by atoms with van der Waals surface area (Å²) >= 11 is 0. The van der Waals surface area contributed by atoms with Gasteiger partial charge in [-0.25, -0.2) is 14.4 Å². The van der Waals surface area contributed by atoms with Gasteiger partial charge in [-0.3, -0.25) is 5.32 Å². The first-order valence-corrected chi connectivity index (χ1v) is 7.37. The lowest BCUT2D eigenvalue weighted by molar-refractivity contribution is -0.763. The maximum atomic E-state index is 12.2. The summed E-state index contributed by atoms with van der Waals surface area (Å²) in [5.74, 6) is -2.00. The minimum absolute atomic E-state index is 0.0429. The number of carbonyl (C=O) groups is 4. The number of aliphatic carboxylic acids is 1. The number of urea groups is 1. The monoisotopic (exact) mass is 329 g/mol. The summed E-state index contributed by atoms with van der Waals surface area (Å²) in [6.45, 7) is 6.05. The van der Waals surface area contributed by atoms with Gasteiger partial charge in [0, 0.05) is 13.0 Å². The number of quaternary nitrogens is 1. The van der Waals surface area contributed by atoms with Crippen molar-refractivity contribution in [1.82, 2.24) is 10.6 Å². The van der Waals surface area contributed by atoms with Crippen molar-refractivity contribution in [3.8, 4) is 0 Å². The topological polar surface area (TPSA) is 125 Å². The van der Waals surface area contributed by atoms with Crippen molar-refractivity contribution in [2.24, 2.45) is 0 Å². The van der Waals surface area contributed by atoms with Crippen molar-refractivity contribution in [2.45, 2.75) is 45.8 Å². The molecule has 0 aliphatic carbocycles. The third-order valence-corrected chi connectivity index (χ3v) is 3.30. The second-order valence-corrected chi connectivity index (χ2v) is 6.51. The molecule has 0 saturated carbocycles. The fourth-order valence-corrected chi connectivity index (χ4v) is 2.36. The molecule has 0 aromatic carbocycles. The normalized spacial score (nSPS) is 24.3. The van der Waals surface area contributed by atoms with E-state index in [1.165, 1.54) is 6.92 Å². The zero-order chi connectivity index (χ0) is 17.8. The Morgan fingerprint density at radius 2 is 1.96 bits per heavy atom. The first-order valence-electron chi connectivity index (χ1n) is 7.37. The molecule has 0 radical (unpaired) electrons. The van der Waals surface area contributed by atoms with Gasteiger partial charge in [-0.1, -0.05) is 0 Å². The van der Waals surface area contributed by atoms with E-state index < -0.39 is 46.7 Å². The summed E-state index contributed by atoms with van der Waals surface area (Å²) in [7, 11) is 0. The van der Waals surface area contributed by atoms with Crippen LogP contribution in [-0.4, -0.2) is 59.8 Å². The summed E-state index contributed by atoms with van der Waals surface area (Å²) < 4.78 is 4.21. The molecule has 0 bridgehead atoms. The highest BCUT2D eigenvalue weighted by Gasteiger charge is 2.53. The van der Waals surface area contributed by atoms with E-state index in [0.717, 1.165) is 0 Å².